The molecular formula is C18H28O2. The van der Waals surface area contributed by atoms with Gasteiger partial charge in [-0.3, -0.25) is 4.79 Å². The highest BCUT2D eigenvalue weighted by Crippen LogP contribution is 2.20. The number of hydrogen-bond acceptors (Lipinski definition) is 2. The molecule has 2 heteroatoms. The Labute approximate surface area is 123 Å². The molecule has 2 nitrogen and oxygen atoms in total. The SMILES string of the molecule is CCCCCC(=O)OC(C)(C)CCCc1ccccc1. The first-order chi connectivity index (χ1) is 9.53. The molecule has 0 aliphatic rings. The Morgan fingerprint density at radius 2 is 1.80 bits per heavy atom. The second kappa shape index (κ2) is 8.78. The first kappa shape index (κ1) is 16.7. The molecule has 0 unspecified atom stereocenters. The van der Waals surface area contributed by atoms with Crippen molar-refractivity contribution in [2.75, 3.05) is 0 Å². The fraction of sp³-hybridized carbons (Fsp3) is 0.611. The van der Waals surface area contributed by atoms with Gasteiger partial charge >= 0.3 is 5.97 Å². The molecule has 112 valence electrons. The minimum Gasteiger partial charge on any atom is -0.460 e. The minimum absolute atomic E-state index is 0.0526. The summed E-state index contributed by atoms with van der Waals surface area (Å²) >= 11 is 0. The van der Waals surface area contributed by atoms with Gasteiger partial charge in [-0.25, -0.2) is 0 Å². The monoisotopic (exact) mass is 276 g/mol. The maximum Gasteiger partial charge on any atom is 0.306 e. The van der Waals surface area contributed by atoms with Gasteiger partial charge in [-0.2, -0.15) is 0 Å². The number of rotatable bonds is 9. The number of esters is 1. The van der Waals surface area contributed by atoms with Crippen LogP contribution in [0.3, 0.4) is 0 Å². The largest absolute Gasteiger partial charge is 0.460 e. The van der Waals surface area contributed by atoms with E-state index in [0.717, 1.165) is 38.5 Å². The first-order valence-corrected chi connectivity index (χ1v) is 7.79. The number of ether oxygens (including phenoxy) is 1. The van der Waals surface area contributed by atoms with Crippen LogP contribution in [0.5, 0.6) is 0 Å². The van der Waals surface area contributed by atoms with E-state index in [0.29, 0.717) is 6.42 Å². The summed E-state index contributed by atoms with van der Waals surface area (Å²) in [5, 5.41) is 0. The van der Waals surface area contributed by atoms with Gasteiger partial charge in [0.2, 0.25) is 0 Å². The van der Waals surface area contributed by atoms with Crippen molar-refractivity contribution in [2.24, 2.45) is 0 Å². The minimum atomic E-state index is -0.349. The molecule has 0 saturated heterocycles. The third-order valence-electron chi connectivity index (χ3n) is 3.46. The van der Waals surface area contributed by atoms with Crippen LogP contribution in [-0.2, 0) is 16.0 Å². The smallest absolute Gasteiger partial charge is 0.306 e. The van der Waals surface area contributed by atoms with Crippen LogP contribution < -0.4 is 0 Å². The molecule has 0 saturated carbocycles. The lowest BCUT2D eigenvalue weighted by Gasteiger charge is -2.25. The summed E-state index contributed by atoms with van der Waals surface area (Å²) in [4.78, 5) is 11.7. The topological polar surface area (TPSA) is 26.3 Å². The average molecular weight is 276 g/mol. The van der Waals surface area contributed by atoms with Crippen molar-refractivity contribution < 1.29 is 9.53 Å². The number of hydrogen-bond donors (Lipinski definition) is 0. The Bertz CT molecular complexity index is 382. The van der Waals surface area contributed by atoms with Crippen molar-refractivity contribution in [3.63, 3.8) is 0 Å². The van der Waals surface area contributed by atoms with E-state index in [1.165, 1.54) is 5.56 Å². The van der Waals surface area contributed by atoms with Crippen LogP contribution in [-0.4, -0.2) is 11.6 Å². The van der Waals surface area contributed by atoms with Crippen LogP contribution in [0.25, 0.3) is 0 Å². The molecule has 0 atom stereocenters. The molecule has 0 aliphatic carbocycles. The summed E-state index contributed by atoms with van der Waals surface area (Å²) in [6, 6.07) is 10.4. The third-order valence-corrected chi connectivity index (χ3v) is 3.46. The fourth-order valence-corrected chi connectivity index (χ4v) is 2.29. The van der Waals surface area contributed by atoms with E-state index in [1.54, 1.807) is 0 Å². The summed E-state index contributed by atoms with van der Waals surface area (Å²) in [5.41, 5.74) is 0.996. The summed E-state index contributed by atoms with van der Waals surface area (Å²) in [5.74, 6) is -0.0526. The van der Waals surface area contributed by atoms with Crippen LogP contribution in [0.15, 0.2) is 30.3 Å². The van der Waals surface area contributed by atoms with Gasteiger partial charge in [0, 0.05) is 6.42 Å². The molecule has 1 aromatic rings. The number of carbonyl (C=O) groups excluding carboxylic acids is 1. The van der Waals surface area contributed by atoms with E-state index in [2.05, 4.69) is 31.2 Å². The zero-order valence-electron chi connectivity index (χ0n) is 13.2. The second-order valence-electron chi connectivity index (χ2n) is 6.03. The Morgan fingerprint density at radius 1 is 1.10 bits per heavy atom. The Balaban J connectivity index is 2.25. The number of carbonyl (C=O) groups is 1. The Kier molecular flexibility index (Phi) is 7.35. The van der Waals surface area contributed by atoms with Crippen LogP contribution in [0.4, 0.5) is 0 Å². The van der Waals surface area contributed by atoms with Gasteiger partial charge in [-0.1, -0.05) is 50.1 Å². The van der Waals surface area contributed by atoms with E-state index in [4.69, 9.17) is 4.74 Å². The van der Waals surface area contributed by atoms with Crippen LogP contribution >= 0.6 is 0 Å². The quantitative estimate of drug-likeness (QED) is 0.473. The van der Waals surface area contributed by atoms with E-state index < -0.39 is 0 Å². The summed E-state index contributed by atoms with van der Waals surface area (Å²) in [6.45, 7) is 6.16. The number of benzene rings is 1. The Morgan fingerprint density at radius 3 is 2.45 bits per heavy atom. The number of unbranched alkanes of at least 4 members (excludes halogenated alkanes) is 2. The van der Waals surface area contributed by atoms with E-state index in [1.807, 2.05) is 19.9 Å². The summed E-state index contributed by atoms with van der Waals surface area (Å²) in [7, 11) is 0. The zero-order valence-corrected chi connectivity index (χ0v) is 13.2. The van der Waals surface area contributed by atoms with Gasteiger partial charge in [0.25, 0.3) is 0 Å². The molecule has 0 radical (unpaired) electrons. The first-order valence-electron chi connectivity index (χ1n) is 7.79. The van der Waals surface area contributed by atoms with Crippen molar-refractivity contribution >= 4 is 5.97 Å². The second-order valence-corrected chi connectivity index (χ2v) is 6.03. The van der Waals surface area contributed by atoms with Crippen molar-refractivity contribution in [3.05, 3.63) is 35.9 Å². The molecule has 0 spiro atoms. The lowest BCUT2D eigenvalue weighted by Crippen LogP contribution is -2.28. The molecule has 0 N–H and O–H groups in total. The van der Waals surface area contributed by atoms with Gasteiger partial charge in [0.05, 0.1) is 0 Å². The van der Waals surface area contributed by atoms with E-state index in [-0.39, 0.29) is 11.6 Å². The highest BCUT2D eigenvalue weighted by atomic mass is 16.6. The molecule has 0 aliphatic heterocycles. The molecule has 0 fully saturated rings. The van der Waals surface area contributed by atoms with Crippen LogP contribution in [0.1, 0.15) is 64.9 Å². The van der Waals surface area contributed by atoms with E-state index in [9.17, 15) is 4.79 Å². The van der Waals surface area contributed by atoms with Gasteiger partial charge in [-0.15, -0.1) is 0 Å². The molecule has 0 aromatic heterocycles. The number of aryl methyl sites for hydroxylation is 1. The molecule has 1 aromatic carbocycles. The lowest BCUT2D eigenvalue weighted by atomic mass is 9.98. The summed E-state index contributed by atoms with van der Waals surface area (Å²) in [6.07, 6.45) is 6.71. The molecule has 0 amide bonds. The van der Waals surface area contributed by atoms with Gasteiger partial charge in [0.1, 0.15) is 5.60 Å². The highest BCUT2D eigenvalue weighted by Gasteiger charge is 2.21. The van der Waals surface area contributed by atoms with Crippen molar-refractivity contribution in [2.45, 2.75) is 71.3 Å². The Hall–Kier alpha value is -1.31. The predicted molar refractivity (Wildman–Crippen MR) is 83.7 cm³/mol. The average Bonchev–Trinajstić information content (AvgIpc) is 2.39. The summed E-state index contributed by atoms with van der Waals surface area (Å²) < 4.78 is 5.58. The van der Waals surface area contributed by atoms with E-state index >= 15 is 0 Å². The molecule has 0 heterocycles. The standard InChI is InChI=1S/C18H28O2/c1-4-5-7-14-17(19)20-18(2,3)15-10-13-16-11-8-6-9-12-16/h6,8-9,11-12H,4-5,7,10,13-15H2,1-3H3. The molecule has 0 bridgehead atoms. The van der Waals surface area contributed by atoms with Gasteiger partial charge < -0.3 is 4.74 Å². The van der Waals surface area contributed by atoms with Crippen molar-refractivity contribution in [1.82, 2.24) is 0 Å². The normalized spacial score (nSPS) is 11.3. The molecule has 1 rings (SSSR count). The highest BCUT2D eigenvalue weighted by molar-refractivity contribution is 5.69. The van der Waals surface area contributed by atoms with Gasteiger partial charge in [-0.05, 0) is 45.1 Å². The van der Waals surface area contributed by atoms with Gasteiger partial charge in [0.15, 0.2) is 0 Å². The predicted octanol–water partition coefficient (Wildman–Crippen LogP) is 4.91. The van der Waals surface area contributed by atoms with Crippen molar-refractivity contribution in [3.8, 4) is 0 Å². The zero-order chi connectivity index (χ0) is 14.8. The van der Waals surface area contributed by atoms with Crippen LogP contribution in [0, 0.1) is 0 Å². The third kappa shape index (κ3) is 7.32. The fourth-order valence-electron chi connectivity index (χ4n) is 2.29. The maximum absolute atomic E-state index is 11.7. The molecular weight excluding hydrogens is 248 g/mol. The lowest BCUT2D eigenvalue weighted by molar-refractivity contribution is -0.157. The maximum atomic E-state index is 11.7. The van der Waals surface area contributed by atoms with Crippen molar-refractivity contribution in [1.29, 1.82) is 0 Å². The van der Waals surface area contributed by atoms with Crippen LogP contribution in [0.2, 0.25) is 0 Å². The molecule has 20 heavy (non-hydrogen) atoms.